The van der Waals surface area contributed by atoms with E-state index in [4.69, 9.17) is 11.6 Å². The van der Waals surface area contributed by atoms with Gasteiger partial charge in [0.15, 0.2) is 0 Å². The minimum Gasteiger partial charge on any atom is -0.335 e. The van der Waals surface area contributed by atoms with Gasteiger partial charge in [0, 0.05) is 37.3 Å². The van der Waals surface area contributed by atoms with Crippen molar-refractivity contribution in [3.8, 4) is 0 Å². The summed E-state index contributed by atoms with van der Waals surface area (Å²) in [4.78, 5) is 24.4. The Bertz CT molecular complexity index is 540. The lowest BCUT2D eigenvalue weighted by atomic mass is 10.1. The molecule has 6 nitrogen and oxygen atoms in total. The van der Waals surface area contributed by atoms with E-state index in [1.165, 1.54) is 18.2 Å². The molecule has 2 unspecified atom stereocenters. The first-order chi connectivity index (χ1) is 9.38. The van der Waals surface area contributed by atoms with Crippen LogP contribution >= 0.6 is 11.6 Å². The van der Waals surface area contributed by atoms with Crippen LogP contribution in [-0.2, 0) is 0 Å². The summed E-state index contributed by atoms with van der Waals surface area (Å²) in [5.41, 5.74) is 0.0520. The number of nitro benzene ring substituents is 1. The monoisotopic (exact) mass is 297 g/mol. The van der Waals surface area contributed by atoms with Crippen LogP contribution in [0.1, 0.15) is 24.2 Å². The van der Waals surface area contributed by atoms with E-state index in [-0.39, 0.29) is 34.3 Å². The molecule has 1 fully saturated rings. The molecule has 7 heteroatoms. The van der Waals surface area contributed by atoms with Crippen molar-refractivity contribution in [2.24, 2.45) is 0 Å². The quantitative estimate of drug-likeness (QED) is 0.670. The molecule has 2 atom stereocenters. The molecule has 0 spiro atoms. The molecule has 0 saturated carbocycles. The minimum atomic E-state index is -0.532. The van der Waals surface area contributed by atoms with E-state index in [0.29, 0.717) is 13.1 Å². The topological polar surface area (TPSA) is 75.5 Å². The maximum Gasteiger partial charge on any atom is 0.270 e. The molecule has 1 saturated heterocycles. The number of non-ortho nitro benzene ring substituents is 1. The van der Waals surface area contributed by atoms with Crippen LogP contribution in [0.4, 0.5) is 5.69 Å². The number of rotatable bonds is 2. The van der Waals surface area contributed by atoms with Crippen molar-refractivity contribution in [2.45, 2.75) is 25.9 Å². The zero-order valence-corrected chi connectivity index (χ0v) is 12.1. The van der Waals surface area contributed by atoms with Gasteiger partial charge in [-0.3, -0.25) is 14.9 Å². The summed E-state index contributed by atoms with van der Waals surface area (Å²) in [5.74, 6) is -0.265. The Morgan fingerprint density at radius 1 is 1.40 bits per heavy atom. The molecule has 2 rings (SSSR count). The van der Waals surface area contributed by atoms with E-state index in [2.05, 4.69) is 5.32 Å². The Labute approximate surface area is 121 Å². The van der Waals surface area contributed by atoms with E-state index in [1.54, 1.807) is 4.90 Å². The van der Waals surface area contributed by atoms with Gasteiger partial charge in [0.25, 0.3) is 11.6 Å². The molecule has 0 bridgehead atoms. The third-order valence-electron chi connectivity index (χ3n) is 3.24. The second kappa shape index (κ2) is 5.76. The molecule has 1 N–H and O–H groups in total. The first-order valence-electron chi connectivity index (χ1n) is 6.37. The van der Waals surface area contributed by atoms with Crippen molar-refractivity contribution >= 4 is 23.2 Å². The minimum absolute atomic E-state index is 0.131. The van der Waals surface area contributed by atoms with Crippen molar-refractivity contribution in [3.05, 3.63) is 38.9 Å². The fourth-order valence-corrected chi connectivity index (χ4v) is 2.65. The maximum absolute atomic E-state index is 12.5. The molecule has 1 aromatic rings. The van der Waals surface area contributed by atoms with E-state index in [1.807, 2.05) is 13.8 Å². The van der Waals surface area contributed by atoms with E-state index in [9.17, 15) is 14.9 Å². The van der Waals surface area contributed by atoms with Crippen LogP contribution in [0.25, 0.3) is 0 Å². The second-order valence-electron chi connectivity index (χ2n) is 5.10. The molecule has 108 valence electrons. The molecule has 1 heterocycles. The van der Waals surface area contributed by atoms with Crippen molar-refractivity contribution < 1.29 is 9.72 Å². The number of halogens is 1. The number of nitrogens with one attached hydrogen (secondary N) is 1. The summed E-state index contributed by atoms with van der Waals surface area (Å²) < 4.78 is 0. The number of amides is 1. The van der Waals surface area contributed by atoms with E-state index < -0.39 is 4.92 Å². The third-order valence-corrected chi connectivity index (χ3v) is 3.57. The summed E-state index contributed by atoms with van der Waals surface area (Å²) in [6.07, 6.45) is 0. The van der Waals surface area contributed by atoms with Crippen LogP contribution in [0.15, 0.2) is 18.2 Å². The van der Waals surface area contributed by atoms with Gasteiger partial charge in [-0.25, -0.2) is 0 Å². The number of nitro groups is 1. The molecule has 0 radical (unpaired) electrons. The number of carbonyl (C=O) groups is 1. The van der Waals surface area contributed by atoms with E-state index in [0.717, 1.165) is 0 Å². The lowest BCUT2D eigenvalue weighted by Crippen LogP contribution is -2.55. The Hall–Kier alpha value is -1.66. The summed E-state index contributed by atoms with van der Waals surface area (Å²) >= 11 is 6.00. The summed E-state index contributed by atoms with van der Waals surface area (Å²) in [6.45, 7) is 5.10. The number of piperazine rings is 1. The number of hydrogen-bond donors (Lipinski definition) is 1. The van der Waals surface area contributed by atoms with Crippen molar-refractivity contribution in [1.82, 2.24) is 10.2 Å². The van der Waals surface area contributed by atoms with Crippen LogP contribution < -0.4 is 5.32 Å². The predicted octanol–water partition coefficient (Wildman–Crippen LogP) is 2.07. The molecular weight excluding hydrogens is 282 g/mol. The Kier molecular flexibility index (Phi) is 4.25. The molecule has 0 aromatic heterocycles. The van der Waals surface area contributed by atoms with Gasteiger partial charge >= 0.3 is 0 Å². The molecular formula is C13H16ClN3O3. The van der Waals surface area contributed by atoms with Gasteiger partial charge in [-0.1, -0.05) is 11.6 Å². The van der Waals surface area contributed by atoms with Gasteiger partial charge in [-0.15, -0.1) is 0 Å². The van der Waals surface area contributed by atoms with E-state index >= 15 is 0 Å². The molecule has 0 aliphatic carbocycles. The molecule has 20 heavy (non-hydrogen) atoms. The number of carbonyl (C=O) groups excluding carboxylic acids is 1. The standard InChI is InChI=1S/C13H16ClN3O3/c1-8-6-16(7-9(2)15-8)13(18)11-5-10(17(19)20)3-4-12(11)14/h3-5,8-9,15H,6-7H2,1-2H3. The smallest absolute Gasteiger partial charge is 0.270 e. The first kappa shape index (κ1) is 14.7. The Morgan fingerprint density at radius 2 is 2.00 bits per heavy atom. The highest BCUT2D eigenvalue weighted by atomic mass is 35.5. The van der Waals surface area contributed by atoms with Gasteiger partial charge in [-0.2, -0.15) is 0 Å². The van der Waals surface area contributed by atoms with Gasteiger partial charge in [0.05, 0.1) is 15.5 Å². The fraction of sp³-hybridized carbons (Fsp3) is 0.462. The van der Waals surface area contributed by atoms with Crippen molar-refractivity contribution in [2.75, 3.05) is 13.1 Å². The fourth-order valence-electron chi connectivity index (χ4n) is 2.45. The van der Waals surface area contributed by atoms with Crippen LogP contribution in [0.5, 0.6) is 0 Å². The largest absolute Gasteiger partial charge is 0.335 e. The SMILES string of the molecule is CC1CN(C(=O)c2cc([N+](=O)[O-])ccc2Cl)CC(C)N1. The zero-order valence-electron chi connectivity index (χ0n) is 11.3. The van der Waals surface area contributed by atoms with Gasteiger partial charge in [0.2, 0.25) is 0 Å². The third kappa shape index (κ3) is 3.08. The first-order valence-corrected chi connectivity index (χ1v) is 6.75. The molecule has 1 aliphatic rings. The molecule has 1 amide bonds. The van der Waals surface area contributed by atoms with Crippen LogP contribution in [0.3, 0.4) is 0 Å². The maximum atomic E-state index is 12.5. The zero-order chi connectivity index (χ0) is 14.9. The van der Waals surface area contributed by atoms with Gasteiger partial charge in [0.1, 0.15) is 0 Å². The summed E-state index contributed by atoms with van der Waals surface area (Å²) in [7, 11) is 0. The molecule has 1 aliphatic heterocycles. The average Bonchev–Trinajstić information content (AvgIpc) is 2.37. The normalized spacial score (nSPS) is 22.6. The number of hydrogen-bond acceptors (Lipinski definition) is 4. The highest BCUT2D eigenvalue weighted by Crippen LogP contribution is 2.24. The van der Waals surface area contributed by atoms with Gasteiger partial charge < -0.3 is 10.2 Å². The average molecular weight is 298 g/mol. The van der Waals surface area contributed by atoms with Crippen LogP contribution in [0, 0.1) is 10.1 Å². The number of benzene rings is 1. The van der Waals surface area contributed by atoms with Gasteiger partial charge in [-0.05, 0) is 19.9 Å². The highest BCUT2D eigenvalue weighted by molar-refractivity contribution is 6.33. The number of nitrogens with zero attached hydrogens (tertiary/aromatic N) is 2. The van der Waals surface area contributed by atoms with Crippen LogP contribution in [-0.4, -0.2) is 40.9 Å². The Morgan fingerprint density at radius 3 is 2.55 bits per heavy atom. The Balaban J connectivity index is 2.28. The predicted molar refractivity (Wildman–Crippen MR) is 76.1 cm³/mol. The lowest BCUT2D eigenvalue weighted by molar-refractivity contribution is -0.384. The summed E-state index contributed by atoms with van der Waals surface area (Å²) in [5, 5.41) is 14.4. The lowest BCUT2D eigenvalue weighted by Gasteiger charge is -2.36. The summed E-state index contributed by atoms with van der Waals surface area (Å²) in [6, 6.07) is 4.28. The highest BCUT2D eigenvalue weighted by Gasteiger charge is 2.27. The van der Waals surface area contributed by atoms with Crippen LogP contribution in [0.2, 0.25) is 5.02 Å². The van der Waals surface area contributed by atoms with Crippen molar-refractivity contribution in [3.63, 3.8) is 0 Å². The second-order valence-corrected chi connectivity index (χ2v) is 5.51. The molecule has 1 aromatic carbocycles. The van der Waals surface area contributed by atoms with Crippen molar-refractivity contribution in [1.29, 1.82) is 0 Å².